The van der Waals surface area contributed by atoms with Crippen LogP contribution in [-0.2, 0) is 25.6 Å². The molecule has 0 fully saturated rings. The summed E-state index contributed by atoms with van der Waals surface area (Å²) in [5, 5.41) is 33.4. The largest absolute Gasteiger partial charge is 0.507 e. The van der Waals surface area contributed by atoms with E-state index >= 15 is 0 Å². The number of hydrogen-bond acceptors (Lipinski definition) is 10. The van der Waals surface area contributed by atoms with Crippen molar-refractivity contribution >= 4 is 46.9 Å². The Hall–Kier alpha value is -7.04. The number of amides is 5. The number of phenolic OH excluding ortho intramolecular Hbond substituents is 2. The fraction of sp³-hybridized carbons (Fsp3) is 0.267. The van der Waals surface area contributed by atoms with Crippen LogP contribution in [-0.4, -0.2) is 98.7 Å². The summed E-state index contributed by atoms with van der Waals surface area (Å²) in [6.45, 7) is 1.32. The summed E-state index contributed by atoms with van der Waals surface area (Å²) >= 11 is 6.04. The molecule has 0 radical (unpaired) electrons. The average Bonchev–Trinajstić information content (AvgIpc) is 3.81. The van der Waals surface area contributed by atoms with E-state index in [9.17, 15) is 39.0 Å². The van der Waals surface area contributed by atoms with Crippen molar-refractivity contribution in [3.8, 4) is 33.8 Å². The predicted octanol–water partition coefficient (Wildman–Crippen LogP) is 3.78. The number of H-pyrrole nitrogens is 1. The predicted molar refractivity (Wildman–Crippen MR) is 231 cm³/mol. The van der Waals surface area contributed by atoms with Gasteiger partial charge in [-0.2, -0.15) is 0 Å². The molecule has 0 saturated heterocycles. The molecule has 5 aromatic rings. The highest BCUT2D eigenvalue weighted by atomic mass is 35.5. The van der Waals surface area contributed by atoms with E-state index in [1.165, 1.54) is 56.7 Å². The van der Waals surface area contributed by atoms with Gasteiger partial charge < -0.3 is 47.1 Å². The molecule has 6 rings (SSSR count). The molecule has 5 amide bonds. The van der Waals surface area contributed by atoms with Crippen molar-refractivity contribution in [2.75, 3.05) is 20.1 Å². The Morgan fingerprint density at radius 3 is 2.21 bits per heavy atom. The maximum absolute atomic E-state index is 14.5. The van der Waals surface area contributed by atoms with Crippen molar-refractivity contribution in [2.24, 2.45) is 5.73 Å². The van der Waals surface area contributed by atoms with Crippen LogP contribution in [0, 0.1) is 0 Å². The lowest BCUT2D eigenvalue weighted by Crippen LogP contribution is -2.56. The molecule has 0 spiro atoms. The first kappa shape index (κ1) is 44.5. The first-order chi connectivity index (χ1) is 29.7. The van der Waals surface area contributed by atoms with Gasteiger partial charge in [0.25, 0.3) is 5.91 Å². The second-order valence-electron chi connectivity index (χ2n) is 14.9. The molecule has 322 valence electrons. The van der Waals surface area contributed by atoms with Crippen LogP contribution in [0.2, 0.25) is 5.02 Å². The monoisotopic (exact) mass is 862 g/mol. The normalized spacial score (nSPS) is 16.8. The number of unbranched alkanes of at least 4 members (excludes halogenated alkanes) is 1. The van der Waals surface area contributed by atoms with Crippen molar-refractivity contribution in [1.29, 1.82) is 0 Å². The Kier molecular flexibility index (Phi) is 14.4. The minimum absolute atomic E-state index is 0.0321. The Bertz CT molecular complexity index is 2440. The number of aromatic amines is 1. The molecule has 17 heteroatoms. The van der Waals surface area contributed by atoms with Gasteiger partial charge in [0, 0.05) is 47.6 Å². The van der Waals surface area contributed by atoms with Gasteiger partial charge in [-0.3, -0.25) is 28.8 Å². The molecule has 1 aromatic heterocycles. The van der Waals surface area contributed by atoms with Gasteiger partial charge in [0.15, 0.2) is 5.82 Å². The lowest BCUT2D eigenvalue weighted by Gasteiger charge is -2.32. The quantitative estimate of drug-likeness (QED) is 0.0629. The zero-order valence-electron chi connectivity index (χ0n) is 34.0. The SMILES string of the molecule is C[C@@H]1NC(=O)[C@@H](N(C)C(=O)[C@H](CCCCN)NC(=O)c2ccc(-c3ccc(Cl)cc3)cc2)c2ccc(O)c(c2)-c2cc(ccc2O)C[C@@H](C(=O)NCC(=O)c2ncc[nH]2)NC1=O. The van der Waals surface area contributed by atoms with E-state index in [0.717, 1.165) is 16.0 Å². The van der Waals surface area contributed by atoms with Crippen molar-refractivity contribution in [1.82, 2.24) is 36.1 Å². The number of nitrogens with one attached hydrogen (secondary N) is 5. The molecular formula is C45H47ClN8O8. The molecule has 4 aromatic carbocycles. The van der Waals surface area contributed by atoms with Crippen LogP contribution in [0.5, 0.6) is 11.5 Å². The van der Waals surface area contributed by atoms with E-state index in [1.807, 2.05) is 12.1 Å². The van der Waals surface area contributed by atoms with Crippen molar-refractivity contribution in [3.05, 3.63) is 125 Å². The van der Waals surface area contributed by atoms with E-state index < -0.39 is 66.0 Å². The van der Waals surface area contributed by atoms with E-state index in [1.54, 1.807) is 42.5 Å². The summed E-state index contributed by atoms with van der Waals surface area (Å²) in [6.07, 6.45) is 3.95. The maximum atomic E-state index is 14.5. The zero-order valence-corrected chi connectivity index (χ0v) is 34.7. The summed E-state index contributed by atoms with van der Waals surface area (Å²) in [6, 6.07) is 17.6. The fourth-order valence-electron chi connectivity index (χ4n) is 7.13. The third-order valence-corrected chi connectivity index (χ3v) is 10.8. The van der Waals surface area contributed by atoms with Crippen LogP contribution in [0.3, 0.4) is 0 Å². The third kappa shape index (κ3) is 10.6. The van der Waals surface area contributed by atoms with E-state index in [2.05, 4.69) is 31.2 Å². The van der Waals surface area contributed by atoms with Crippen LogP contribution in [0.25, 0.3) is 22.3 Å². The highest BCUT2D eigenvalue weighted by Gasteiger charge is 2.36. The highest BCUT2D eigenvalue weighted by molar-refractivity contribution is 6.30. The van der Waals surface area contributed by atoms with E-state index in [-0.39, 0.29) is 46.9 Å². The highest BCUT2D eigenvalue weighted by Crippen LogP contribution is 2.39. The standard InChI is InChI=1S/C45H47ClN8O8/c1-25-41(58)53-35(43(60)50-24-38(57)40-48-19-20-49-40)22-26-6-16-36(55)32(21-26)33-23-30(13-17-37(33)56)39(44(61)51-25)54(2)45(62)34(5-3-4-18-47)52-42(59)29-9-7-27(8-10-29)28-11-14-31(46)15-12-28/h6-17,19-21,23,25,34-35,39,55-56H,3-5,18,22,24,47H2,1-2H3,(H,48,49)(H,50,60)(H,51,61)(H,52,59)(H,53,58)/t25-,34-,35-,39-/m0/s1. The van der Waals surface area contributed by atoms with Crippen molar-refractivity contribution < 1.29 is 39.0 Å². The number of carbonyl (C=O) groups is 6. The number of Topliss-reactive ketones (excluding diaryl/α,β-unsaturated/α-hetero) is 1. The van der Waals surface area contributed by atoms with Gasteiger partial charge in [-0.15, -0.1) is 0 Å². The number of nitrogens with two attached hydrogens (primary N) is 1. The molecule has 4 bridgehead atoms. The van der Waals surface area contributed by atoms with Crippen LogP contribution < -0.4 is 27.0 Å². The summed E-state index contributed by atoms with van der Waals surface area (Å²) < 4.78 is 0. The van der Waals surface area contributed by atoms with Crippen LogP contribution >= 0.6 is 11.6 Å². The number of fused-ring (bicyclic) bond motifs is 5. The number of phenols is 2. The first-order valence-corrected chi connectivity index (χ1v) is 20.3. The molecule has 1 aliphatic heterocycles. The number of carbonyl (C=O) groups excluding carboxylic acids is 6. The Balaban J connectivity index is 1.30. The minimum atomic E-state index is -1.44. The second kappa shape index (κ2) is 20.0. The first-order valence-electron chi connectivity index (χ1n) is 19.9. The molecule has 2 heterocycles. The third-order valence-electron chi connectivity index (χ3n) is 10.6. The van der Waals surface area contributed by atoms with Gasteiger partial charge >= 0.3 is 0 Å². The zero-order chi connectivity index (χ0) is 44.5. The molecule has 4 atom stereocenters. The number of likely N-dealkylation sites (N-methyl/N-ethyl adjacent to an activating group) is 1. The molecule has 0 saturated carbocycles. The Morgan fingerprint density at radius 1 is 0.887 bits per heavy atom. The number of rotatable bonds is 13. The number of hydrogen-bond donors (Lipinski definition) is 8. The number of aromatic nitrogens is 2. The molecule has 0 aliphatic carbocycles. The lowest BCUT2D eigenvalue weighted by atomic mass is 9.93. The van der Waals surface area contributed by atoms with Gasteiger partial charge in [-0.05, 0) is 104 Å². The lowest BCUT2D eigenvalue weighted by molar-refractivity contribution is -0.141. The summed E-state index contributed by atoms with van der Waals surface area (Å²) in [5.41, 5.74) is 8.73. The van der Waals surface area contributed by atoms with Gasteiger partial charge in [-0.25, -0.2) is 4.98 Å². The minimum Gasteiger partial charge on any atom is -0.507 e. The van der Waals surface area contributed by atoms with Crippen molar-refractivity contribution in [3.63, 3.8) is 0 Å². The average molecular weight is 863 g/mol. The number of ketones is 1. The smallest absolute Gasteiger partial charge is 0.251 e. The molecule has 62 heavy (non-hydrogen) atoms. The molecule has 0 unspecified atom stereocenters. The number of halogens is 1. The van der Waals surface area contributed by atoms with Crippen LogP contribution in [0.1, 0.15) is 64.3 Å². The maximum Gasteiger partial charge on any atom is 0.251 e. The summed E-state index contributed by atoms with van der Waals surface area (Å²) in [4.78, 5) is 90.2. The van der Waals surface area contributed by atoms with Gasteiger partial charge in [0.2, 0.25) is 29.4 Å². The van der Waals surface area contributed by atoms with Crippen LogP contribution in [0.15, 0.2) is 97.3 Å². The second-order valence-corrected chi connectivity index (χ2v) is 15.4. The Morgan fingerprint density at radius 2 is 1.55 bits per heavy atom. The molecular weight excluding hydrogens is 816 g/mol. The molecule has 1 aliphatic rings. The summed E-state index contributed by atoms with van der Waals surface area (Å²) in [5.74, 6) is -4.41. The van der Waals surface area contributed by atoms with Gasteiger partial charge in [0.1, 0.15) is 35.7 Å². The van der Waals surface area contributed by atoms with Gasteiger partial charge in [0.05, 0.1) is 6.54 Å². The van der Waals surface area contributed by atoms with E-state index in [0.29, 0.717) is 35.5 Å². The van der Waals surface area contributed by atoms with Crippen LogP contribution in [0.4, 0.5) is 0 Å². The number of aromatic hydroxyl groups is 2. The Labute approximate surface area is 362 Å². The summed E-state index contributed by atoms with van der Waals surface area (Å²) in [7, 11) is 1.39. The topological polar surface area (TPSA) is 249 Å². The molecule has 16 nitrogen and oxygen atoms in total. The number of benzene rings is 4. The van der Waals surface area contributed by atoms with E-state index in [4.69, 9.17) is 17.3 Å². The van der Waals surface area contributed by atoms with Crippen molar-refractivity contribution in [2.45, 2.75) is 56.8 Å². The van der Waals surface area contributed by atoms with Gasteiger partial charge in [-0.1, -0.05) is 48.0 Å². The fourth-order valence-corrected chi connectivity index (χ4v) is 7.26. The number of nitrogens with zero attached hydrogens (tertiary/aromatic N) is 2. The molecule has 9 N–H and O–H groups in total. The number of imidazole rings is 1.